The van der Waals surface area contributed by atoms with Crippen molar-refractivity contribution in [2.24, 2.45) is 0 Å². The van der Waals surface area contributed by atoms with Gasteiger partial charge in [-0.05, 0) is 42.8 Å². The Bertz CT molecular complexity index is 947. The molecule has 0 radical (unpaired) electrons. The van der Waals surface area contributed by atoms with Gasteiger partial charge in [-0.2, -0.15) is 13.2 Å². The van der Waals surface area contributed by atoms with Crippen LogP contribution >= 0.6 is 0 Å². The van der Waals surface area contributed by atoms with E-state index in [4.69, 9.17) is 4.74 Å². The Morgan fingerprint density at radius 2 is 1.68 bits per heavy atom. The molecule has 1 aromatic heterocycles. The molecule has 150 valence electrons. The first-order chi connectivity index (χ1) is 13.1. The van der Waals surface area contributed by atoms with Crippen molar-refractivity contribution in [1.82, 2.24) is 9.97 Å². The minimum Gasteiger partial charge on any atom is -0.406 e. The van der Waals surface area contributed by atoms with E-state index in [-0.39, 0.29) is 17.9 Å². The Labute approximate surface area is 155 Å². The molecule has 1 heterocycles. The van der Waals surface area contributed by atoms with E-state index in [1.807, 2.05) is 0 Å². The van der Waals surface area contributed by atoms with Gasteiger partial charge >= 0.3 is 12.5 Å². The first-order valence-corrected chi connectivity index (χ1v) is 8.11. The van der Waals surface area contributed by atoms with Gasteiger partial charge in [0.15, 0.2) is 0 Å². The highest BCUT2D eigenvalue weighted by Crippen LogP contribution is 2.33. The quantitative estimate of drug-likeness (QED) is 0.563. The number of nitrogens with one attached hydrogen (secondary N) is 1. The monoisotopic (exact) mass is 404 g/mol. The molecule has 1 atom stereocenters. The molecular weight excluding hydrogens is 390 g/mol. The van der Waals surface area contributed by atoms with E-state index in [0.29, 0.717) is 11.1 Å². The number of aromatic amines is 1. The number of halogens is 6. The number of ether oxygens (including phenoxy) is 2. The zero-order chi connectivity index (χ0) is 20.5. The van der Waals surface area contributed by atoms with E-state index in [2.05, 4.69) is 14.7 Å². The van der Waals surface area contributed by atoms with Crippen molar-refractivity contribution in [3.63, 3.8) is 0 Å². The highest BCUT2D eigenvalue weighted by molar-refractivity contribution is 5.76. The Balaban J connectivity index is 1.93. The molecule has 3 rings (SSSR count). The van der Waals surface area contributed by atoms with Gasteiger partial charge in [0.2, 0.25) is 0 Å². The number of benzene rings is 2. The summed E-state index contributed by atoms with van der Waals surface area (Å²) >= 11 is 0. The maximum Gasteiger partial charge on any atom is 0.573 e. The maximum atomic E-state index is 12.9. The van der Waals surface area contributed by atoms with Gasteiger partial charge in [-0.15, -0.1) is 13.2 Å². The van der Waals surface area contributed by atoms with Crippen LogP contribution in [0, 0.1) is 0 Å². The van der Waals surface area contributed by atoms with Crippen molar-refractivity contribution in [3.05, 3.63) is 59.4 Å². The molecule has 0 aliphatic rings. The summed E-state index contributed by atoms with van der Waals surface area (Å²) in [7, 11) is 0. The third kappa shape index (κ3) is 4.56. The minimum atomic E-state index is -4.81. The number of fused-ring (bicyclic) bond motifs is 1. The molecule has 0 saturated carbocycles. The summed E-state index contributed by atoms with van der Waals surface area (Å²) in [5, 5.41) is 0. The van der Waals surface area contributed by atoms with Gasteiger partial charge in [0.05, 0.1) is 16.6 Å². The Morgan fingerprint density at radius 3 is 2.25 bits per heavy atom. The molecule has 0 amide bonds. The van der Waals surface area contributed by atoms with Crippen LogP contribution in [0.25, 0.3) is 11.0 Å². The van der Waals surface area contributed by atoms with E-state index in [0.717, 1.165) is 24.3 Å². The highest BCUT2D eigenvalue weighted by atomic mass is 19.4. The standard InChI is InChI=1S/C18H14F6N2O2/c1-2-27-15(10-3-6-12(7-4-10)28-18(22,23)24)16-25-13-8-5-11(17(19,20)21)9-14(13)26-16/h3-9,15H,2H2,1H3,(H,25,26). The topological polar surface area (TPSA) is 47.1 Å². The number of alkyl halides is 6. The summed E-state index contributed by atoms with van der Waals surface area (Å²) in [5.41, 5.74) is 0.113. The predicted octanol–water partition coefficient (Wildman–Crippen LogP) is 5.61. The van der Waals surface area contributed by atoms with Gasteiger partial charge < -0.3 is 14.5 Å². The maximum absolute atomic E-state index is 12.9. The van der Waals surface area contributed by atoms with E-state index in [9.17, 15) is 26.3 Å². The average Bonchev–Trinajstić information content (AvgIpc) is 3.01. The van der Waals surface area contributed by atoms with Gasteiger partial charge in [0.25, 0.3) is 0 Å². The van der Waals surface area contributed by atoms with Gasteiger partial charge in [0.1, 0.15) is 17.7 Å². The molecule has 0 aliphatic heterocycles. The van der Waals surface area contributed by atoms with E-state index in [1.54, 1.807) is 6.92 Å². The van der Waals surface area contributed by atoms with Gasteiger partial charge in [-0.1, -0.05) is 12.1 Å². The van der Waals surface area contributed by atoms with E-state index < -0.39 is 30.0 Å². The van der Waals surface area contributed by atoms with Crippen LogP contribution in [-0.2, 0) is 10.9 Å². The fourth-order valence-electron chi connectivity index (χ4n) is 2.67. The summed E-state index contributed by atoms with van der Waals surface area (Å²) in [6, 6.07) is 8.10. The third-order valence-corrected chi connectivity index (χ3v) is 3.83. The number of aromatic nitrogens is 2. The minimum absolute atomic E-state index is 0.103. The van der Waals surface area contributed by atoms with Crippen molar-refractivity contribution >= 4 is 11.0 Å². The second-order valence-corrected chi connectivity index (χ2v) is 5.80. The molecule has 2 aromatic carbocycles. The fourth-order valence-corrected chi connectivity index (χ4v) is 2.67. The van der Waals surface area contributed by atoms with E-state index in [1.165, 1.54) is 18.2 Å². The molecule has 0 saturated heterocycles. The Morgan fingerprint density at radius 1 is 1.00 bits per heavy atom. The fraction of sp³-hybridized carbons (Fsp3) is 0.278. The first kappa shape index (κ1) is 20.0. The Hall–Kier alpha value is -2.75. The molecular formula is C18H14F6N2O2. The van der Waals surface area contributed by atoms with Gasteiger partial charge in [-0.25, -0.2) is 4.98 Å². The SMILES string of the molecule is CCOC(c1ccc(OC(F)(F)F)cc1)c1nc2cc(C(F)(F)F)ccc2[nH]1. The normalized spacial score (nSPS) is 13.7. The third-order valence-electron chi connectivity index (χ3n) is 3.83. The lowest BCUT2D eigenvalue weighted by Crippen LogP contribution is -2.17. The lowest BCUT2D eigenvalue weighted by molar-refractivity contribution is -0.274. The summed E-state index contributed by atoms with van der Waals surface area (Å²) in [6.45, 7) is 1.95. The van der Waals surface area contributed by atoms with E-state index >= 15 is 0 Å². The lowest BCUT2D eigenvalue weighted by Gasteiger charge is -2.16. The van der Waals surface area contributed by atoms with Crippen LogP contribution in [0.2, 0.25) is 0 Å². The van der Waals surface area contributed by atoms with Crippen molar-refractivity contribution in [2.75, 3.05) is 6.61 Å². The van der Waals surface area contributed by atoms with Crippen LogP contribution in [0.5, 0.6) is 5.75 Å². The second-order valence-electron chi connectivity index (χ2n) is 5.80. The number of hydrogen-bond acceptors (Lipinski definition) is 3. The van der Waals surface area contributed by atoms with Crippen LogP contribution in [0.1, 0.15) is 30.0 Å². The molecule has 0 bridgehead atoms. The lowest BCUT2D eigenvalue weighted by atomic mass is 10.1. The Kier molecular flexibility index (Phi) is 5.24. The van der Waals surface area contributed by atoms with Crippen LogP contribution in [0.4, 0.5) is 26.3 Å². The molecule has 0 aliphatic carbocycles. The summed E-state index contributed by atoms with van der Waals surface area (Å²) in [4.78, 5) is 7.07. The second kappa shape index (κ2) is 7.34. The molecule has 0 spiro atoms. The largest absolute Gasteiger partial charge is 0.573 e. The van der Waals surface area contributed by atoms with Crippen molar-refractivity contribution in [2.45, 2.75) is 25.6 Å². The summed E-state index contributed by atoms with van der Waals surface area (Å²) in [6.07, 6.45) is -10.1. The zero-order valence-electron chi connectivity index (χ0n) is 14.4. The average molecular weight is 404 g/mol. The number of H-pyrrole nitrogens is 1. The van der Waals surface area contributed by atoms with Crippen molar-refractivity contribution in [1.29, 1.82) is 0 Å². The summed E-state index contributed by atoms with van der Waals surface area (Å²) < 4.78 is 84.9. The zero-order valence-corrected chi connectivity index (χ0v) is 14.4. The highest BCUT2D eigenvalue weighted by Gasteiger charge is 2.32. The van der Waals surface area contributed by atoms with Crippen molar-refractivity contribution in [3.8, 4) is 5.75 Å². The molecule has 0 fully saturated rings. The van der Waals surface area contributed by atoms with Gasteiger partial charge in [0, 0.05) is 6.61 Å². The van der Waals surface area contributed by atoms with Crippen LogP contribution < -0.4 is 4.74 Å². The molecule has 4 nitrogen and oxygen atoms in total. The molecule has 28 heavy (non-hydrogen) atoms. The smallest absolute Gasteiger partial charge is 0.406 e. The molecule has 10 heteroatoms. The first-order valence-electron chi connectivity index (χ1n) is 8.11. The van der Waals surface area contributed by atoms with Crippen LogP contribution in [0.3, 0.4) is 0 Å². The van der Waals surface area contributed by atoms with Crippen LogP contribution in [-0.4, -0.2) is 22.9 Å². The number of rotatable bonds is 5. The molecule has 1 N–H and O–H groups in total. The van der Waals surface area contributed by atoms with Gasteiger partial charge in [-0.3, -0.25) is 0 Å². The van der Waals surface area contributed by atoms with Crippen LogP contribution in [0.15, 0.2) is 42.5 Å². The predicted molar refractivity (Wildman–Crippen MR) is 87.7 cm³/mol. The number of imidazole rings is 1. The molecule has 1 unspecified atom stereocenters. The van der Waals surface area contributed by atoms with Crippen molar-refractivity contribution < 1.29 is 35.8 Å². The number of hydrogen-bond donors (Lipinski definition) is 1. The number of nitrogens with zero attached hydrogens (tertiary/aromatic N) is 1. The summed E-state index contributed by atoms with van der Waals surface area (Å²) in [5.74, 6) is -0.161. The molecule has 3 aromatic rings.